The van der Waals surface area contributed by atoms with Gasteiger partial charge in [-0.25, -0.2) is 0 Å². The molecule has 0 amide bonds. The average molecular weight is 243 g/mol. The molecule has 3 nitrogen and oxygen atoms in total. The molecular formula is C4H4BrO3PS. The van der Waals surface area contributed by atoms with Crippen molar-refractivity contribution in [2.24, 2.45) is 0 Å². The van der Waals surface area contributed by atoms with Crippen LogP contribution < -0.4 is 4.62 Å². The molecule has 1 rings (SSSR count). The lowest BCUT2D eigenvalue weighted by Gasteiger charge is -1.98. The Morgan fingerprint density at radius 1 is 1.60 bits per heavy atom. The van der Waals surface area contributed by atoms with Gasteiger partial charge in [0, 0.05) is 4.47 Å². The van der Waals surface area contributed by atoms with Gasteiger partial charge in [-0.1, -0.05) is 0 Å². The van der Waals surface area contributed by atoms with E-state index in [0.29, 0.717) is 4.47 Å². The normalized spacial score (nSPS) is 11.9. The predicted molar refractivity (Wildman–Crippen MR) is 43.7 cm³/mol. The molecule has 56 valence electrons. The Morgan fingerprint density at radius 3 is 2.40 bits per heavy atom. The van der Waals surface area contributed by atoms with Gasteiger partial charge in [-0.05, 0) is 27.4 Å². The summed E-state index contributed by atoms with van der Waals surface area (Å²) in [6.07, 6.45) is 0. The fourth-order valence-electron chi connectivity index (χ4n) is 0.494. The fraction of sp³-hybridized carbons (Fsp3) is 0. The van der Waals surface area contributed by atoms with E-state index in [1.54, 1.807) is 11.4 Å². The van der Waals surface area contributed by atoms with Crippen molar-refractivity contribution in [2.45, 2.75) is 0 Å². The zero-order chi connectivity index (χ0) is 7.78. The first kappa shape index (κ1) is 8.43. The maximum atomic E-state index is 10.6. The maximum Gasteiger partial charge on any atom is 0.367 e. The summed E-state index contributed by atoms with van der Waals surface area (Å²) in [7, 11) is -4.04. The van der Waals surface area contributed by atoms with E-state index in [9.17, 15) is 4.57 Å². The topological polar surface area (TPSA) is 57.5 Å². The molecule has 0 fully saturated rings. The third-order valence-corrected chi connectivity index (χ3v) is 4.61. The number of rotatable bonds is 1. The minimum Gasteiger partial charge on any atom is -0.320 e. The van der Waals surface area contributed by atoms with Crippen LogP contribution in [0.5, 0.6) is 0 Å². The molecule has 0 bridgehead atoms. The van der Waals surface area contributed by atoms with Gasteiger partial charge in [-0.3, -0.25) is 4.57 Å². The molecule has 1 aromatic heterocycles. The lowest BCUT2D eigenvalue weighted by Crippen LogP contribution is -1.97. The monoisotopic (exact) mass is 242 g/mol. The van der Waals surface area contributed by atoms with Gasteiger partial charge in [0.2, 0.25) is 0 Å². The Labute approximate surface area is 70.0 Å². The fourth-order valence-corrected chi connectivity index (χ4v) is 3.37. The molecule has 1 aromatic rings. The van der Waals surface area contributed by atoms with Crippen LogP contribution in [0, 0.1) is 0 Å². The van der Waals surface area contributed by atoms with Crippen LogP contribution in [0.15, 0.2) is 15.9 Å². The van der Waals surface area contributed by atoms with Crippen molar-refractivity contribution < 1.29 is 14.4 Å². The smallest absolute Gasteiger partial charge is 0.320 e. The zero-order valence-electron chi connectivity index (χ0n) is 4.69. The van der Waals surface area contributed by atoms with Gasteiger partial charge in [0.15, 0.2) is 0 Å². The molecule has 2 N–H and O–H groups in total. The average Bonchev–Trinajstić information content (AvgIpc) is 2.11. The SMILES string of the molecule is O=P(O)(O)c1sccc1Br. The standard InChI is InChI=1S/C4H4BrO3PS/c5-3-1-2-10-4(3)9(6,7)8/h1-2H,(H2,6,7,8). The van der Waals surface area contributed by atoms with E-state index in [0.717, 1.165) is 11.3 Å². The molecule has 0 radical (unpaired) electrons. The van der Waals surface area contributed by atoms with Crippen LogP contribution in [-0.2, 0) is 4.57 Å². The van der Waals surface area contributed by atoms with Crippen molar-refractivity contribution in [2.75, 3.05) is 0 Å². The molecule has 1 heterocycles. The molecule has 0 aliphatic carbocycles. The summed E-state index contributed by atoms with van der Waals surface area (Å²) in [5.74, 6) is 0. The summed E-state index contributed by atoms with van der Waals surface area (Å²) in [6, 6.07) is 1.61. The van der Waals surface area contributed by atoms with Crippen LogP contribution in [0.3, 0.4) is 0 Å². The minimum absolute atomic E-state index is 0.0903. The highest BCUT2D eigenvalue weighted by Crippen LogP contribution is 2.38. The molecule has 0 atom stereocenters. The first-order valence-corrected chi connectivity index (χ1v) is 5.59. The molecule has 0 saturated heterocycles. The predicted octanol–water partition coefficient (Wildman–Crippen LogP) is 1.31. The first-order chi connectivity index (χ1) is 4.52. The third kappa shape index (κ3) is 1.68. The number of hydrogen-bond donors (Lipinski definition) is 2. The van der Waals surface area contributed by atoms with Gasteiger partial charge in [-0.15, -0.1) is 11.3 Å². The van der Waals surface area contributed by atoms with E-state index >= 15 is 0 Å². The Bertz CT molecular complexity index is 278. The second kappa shape index (κ2) is 2.75. The second-order valence-corrected chi connectivity index (χ2v) is 5.23. The molecule has 0 aliphatic rings. The summed E-state index contributed by atoms with van der Waals surface area (Å²) in [5, 5.41) is 1.62. The van der Waals surface area contributed by atoms with E-state index in [2.05, 4.69) is 15.9 Å². The van der Waals surface area contributed by atoms with Crippen molar-refractivity contribution in [1.29, 1.82) is 0 Å². The Hall–Kier alpha value is 0.330. The van der Waals surface area contributed by atoms with Crippen LogP contribution in [-0.4, -0.2) is 9.79 Å². The third-order valence-electron chi connectivity index (χ3n) is 0.863. The Morgan fingerprint density at radius 2 is 2.20 bits per heavy atom. The summed E-state index contributed by atoms with van der Waals surface area (Å²) >= 11 is 4.07. The maximum absolute atomic E-state index is 10.6. The summed E-state index contributed by atoms with van der Waals surface area (Å²) < 4.78 is 11.2. The van der Waals surface area contributed by atoms with Crippen LogP contribution in [0.4, 0.5) is 0 Å². The van der Waals surface area contributed by atoms with E-state index in [-0.39, 0.29) is 4.62 Å². The largest absolute Gasteiger partial charge is 0.367 e. The van der Waals surface area contributed by atoms with Crippen molar-refractivity contribution in [1.82, 2.24) is 0 Å². The van der Waals surface area contributed by atoms with Crippen LogP contribution in [0.25, 0.3) is 0 Å². The molecule has 10 heavy (non-hydrogen) atoms. The number of halogens is 1. The highest BCUT2D eigenvalue weighted by Gasteiger charge is 2.21. The van der Waals surface area contributed by atoms with Crippen LogP contribution in [0.1, 0.15) is 0 Å². The van der Waals surface area contributed by atoms with Gasteiger partial charge in [0.25, 0.3) is 0 Å². The molecule has 0 aromatic carbocycles. The van der Waals surface area contributed by atoms with Crippen LogP contribution in [0.2, 0.25) is 0 Å². The van der Waals surface area contributed by atoms with Gasteiger partial charge < -0.3 is 9.79 Å². The molecule has 0 aliphatic heterocycles. The van der Waals surface area contributed by atoms with E-state index in [4.69, 9.17) is 9.79 Å². The molecule has 0 spiro atoms. The van der Waals surface area contributed by atoms with Gasteiger partial charge >= 0.3 is 7.60 Å². The lowest BCUT2D eigenvalue weighted by molar-refractivity contribution is 0.388. The molecule has 0 unspecified atom stereocenters. The van der Waals surface area contributed by atoms with Crippen molar-refractivity contribution in [3.8, 4) is 0 Å². The Kier molecular flexibility index (Phi) is 2.32. The highest BCUT2D eigenvalue weighted by molar-refractivity contribution is 9.10. The van der Waals surface area contributed by atoms with Gasteiger partial charge in [0.1, 0.15) is 4.62 Å². The summed E-state index contributed by atoms with van der Waals surface area (Å²) in [4.78, 5) is 17.3. The van der Waals surface area contributed by atoms with E-state index < -0.39 is 7.60 Å². The first-order valence-electron chi connectivity index (χ1n) is 2.31. The van der Waals surface area contributed by atoms with Crippen LogP contribution >= 0.6 is 34.9 Å². The van der Waals surface area contributed by atoms with E-state index in [1.165, 1.54) is 0 Å². The lowest BCUT2D eigenvalue weighted by atomic mass is 10.7. The van der Waals surface area contributed by atoms with Crippen molar-refractivity contribution in [3.05, 3.63) is 15.9 Å². The van der Waals surface area contributed by atoms with Crippen molar-refractivity contribution >= 4 is 39.5 Å². The second-order valence-electron chi connectivity index (χ2n) is 1.62. The summed E-state index contributed by atoms with van der Waals surface area (Å²) in [5.41, 5.74) is 0. The highest BCUT2D eigenvalue weighted by atomic mass is 79.9. The van der Waals surface area contributed by atoms with Gasteiger partial charge in [0.05, 0.1) is 0 Å². The quantitative estimate of drug-likeness (QED) is 0.731. The number of thiophene rings is 1. The van der Waals surface area contributed by atoms with Gasteiger partial charge in [-0.2, -0.15) is 0 Å². The Balaban J connectivity index is 3.18. The zero-order valence-corrected chi connectivity index (χ0v) is 7.99. The summed E-state index contributed by atoms with van der Waals surface area (Å²) in [6.45, 7) is 0. The molecule has 0 saturated carbocycles. The van der Waals surface area contributed by atoms with E-state index in [1.807, 2.05) is 0 Å². The molecule has 6 heteroatoms. The van der Waals surface area contributed by atoms with Crippen molar-refractivity contribution in [3.63, 3.8) is 0 Å². The molecular weight excluding hydrogens is 239 g/mol. The minimum atomic E-state index is -4.04. The number of hydrogen-bond acceptors (Lipinski definition) is 2.